The van der Waals surface area contributed by atoms with E-state index in [1.807, 2.05) is 17.5 Å². The highest BCUT2D eigenvalue weighted by atomic mass is 79.9. The smallest absolute Gasteiger partial charge is 0.290 e. The largest absolute Gasteiger partial charge is 0.416 e. The van der Waals surface area contributed by atoms with Gasteiger partial charge in [0.1, 0.15) is 10.3 Å². The van der Waals surface area contributed by atoms with Crippen LogP contribution in [0.4, 0.5) is 13.2 Å². The van der Waals surface area contributed by atoms with Gasteiger partial charge in [-0.2, -0.15) is 13.2 Å². The van der Waals surface area contributed by atoms with E-state index in [4.69, 9.17) is 11.6 Å². The first kappa shape index (κ1) is 18.5. The van der Waals surface area contributed by atoms with E-state index >= 15 is 0 Å². The minimum Gasteiger partial charge on any atom is -0.290 e. The number of hydrogen-bond acceptors (Lipinski definition) is 3. The van der Waals surface area contributed by atoms with E-state index in [1.54, 1.807) is 22.9 Å². The number of rotatable bonds is 2. The van der Waals surface area contributed by atoms with Gasteiger partial charge < -0.3 is 0 Å². The molecule has 1 aliphatic rings. The van der Waals surface area contributed by atoms with E-state index in [9.17, 15) is 13.2 Å². The predicted octanol–water partition coefficient (Wildman–Crippen LogP) is 6.63. The molecule has 0 unspecified atom stereocenters. The van der Waals surface area contributed by atoms with Gasteiger partial charge >= 0.3 is 6.18 Å². The third-order valence-corrected chi connectivity index (χ3v) is 5.74. The van der Waals surface area contributed by atoms with Crippen LogP contribution in [0.2, 0.25) is 5.02 Å². The summed E-state index contributed by atoms with van der Waals surface area (Å²) in [5.74, 6) is 0. The third kappa shape index (κ3) is 3.61. The van der Waals surface area contributed by atoms with Gasteiger partial charge in [0.25, 0.3) is 0 Å². The van der Waals surface area contributed by atoms with Crippen LogP contribution >= 0.6 is 39.3 Å². The summed E-state index contributed by atoms with van der Waals surface area (Å²) in [5.41, 5.74) is 5.08. The number of alkyl halides is 3. The molecule has 1 aromatic heterocycles. The summed E-state index contributed by atoms with van der Waals surface area (Å²) in [6, 6.07) is 12.5. The van der Waals surface area contributed by atoms with Crippen molar-refractivity contribution in [3.63, 3.8) is 0 Å². The van der Waals surface area contributed by atoms with Gasteiger partial charge in [-0.1, -0.05) is 47.6 Å². The highest BCUT2D eigenvalue weighted by molar-refractivity contribution is 9.10. The Balaban J connectivity index is 1.69. The first-order valence-corrected chi connectivity index (χ1v) is 9.73. The predicted molar refractivity (Wildman–Crippen MR) is 105 cm³/mol. The monoisotopic (exact) mass is 471 g/mol. The Hall–Kier alpha value is -1.90. The number of nitrogens with zero attached hydrogens (tertiary/aromatic N) is 2. The van der Waals surface area contributed by atoms with Crippen LogP contribution in [0.3, 0.4) is 0 Å². The Kier molecular flexibility index (Phi) is 4.73. The molecule has 0 spiro atoms. The first-order chi connectivity index (χ1) is 12.8. The van der Waals surface area contributed by atoms with Crippen molar-refractivity contribution < 1.29 is 13.2 Å². The van der Waals surface area contributed by atoms with Gasteiger partial charge in [0.2, 0.25) is 0 Å². The molecule has 0 aliphatic carbocycles. The molecule has 1 aliphatic heterocycles. The number of imidazole rings is 1. The van der Waals surface area contributed by atoms with E-state index in [1.165, 1.54) is 17.8 Å². The van der Waals surface area contributed by atoms with Crippen molar-refractivity contribution in [3.05, 3.63) is 74.7 Å². The molecule has 1 N–H and O–H groups in total. The lowest BCUT2D eigenvalue weighted by molar-refractivity contribution is -0.137. The number of halogens is 5. The standard InChI is InChI=1S/C18H10BrClF3N3S/c19-16-15(11-2-1-3-12(8-11)18(21,22)23)24-17-26(16)25-14(9-27-17)10-4-6-13(20)7-5-10/h1-9,25H. The molecule has 0 atom stereocenters. The molecule has 0 amide bonds. The van der Waals surface area contributed by atoms with Gasteiger partial charge in [-0.05, 0) is 40.2 Å². The third-order valence-electron chi connectivity index (χ3n) is 3.92. The lowest BCUT2D eigenvalue weighted by Gasteiger charge is -2.18. The van der Waals surface area contributed by atoms with Crippen molar-refractivity contribution in [1.82, 2.24) is 9.66 Å². The molecule has 2 heterocycles. The molecular formula is C18H10BrClF3N3S. The van der Waals surface area contributed by atoms with Gasteiger partial charge in [0.05, 0.1) is 11.3 Å². The highest BCUT2D eigenvalue weighted by Gasteiger charge is 2.31. The fraction of sp³-hybridized carbons (Fsp3) is 0.0556. The van der Waals surface area contributed by atoms with Crippen LogP contribution in [0, 0.1) is 0 Å². The zero-order valence-electron chi connectivity index (χ0n) is 13.4. The summed E-state index contributed by atoms with van der Waals surface area (Å²) < 4.78 is 41.3. The maximum atomic E-state index is 13.0. The average Bonchev–Trinajstić information content (AvgIpc) is 2.98. The Morgan fingerprint density at radius 1 is 1.07 bits per heavy atom. The van der Waals surface area contributed by atoms with E-state index in [0.29, 0.717) is 26.0 Å². The van der Waals surface area contributed by atoms with Crippen LogP contribution in [0.5, 0.6) is 0 Å². The molecule has 27 heavy (non-hydrogen) atoms. The molecular weight excluding hydrogens is 463 g/mol. The Bertz CT molecular complexity index is 1040. The molecule has 0 saturated carbocycles. The molecule has 9 heteroatoms. The van der Waals surface area contributed by atoms with Crippen LogP contribution in [0.1, 0.15) is 11.1 Å². The topological polar surface area (TPSA) is 29.9 Å². The maximum absolute atomic E-state index is 13.0. The van der Waals surface area contributed by atoms with Crippen molar-refractivity contribution in [3.8, 4) is 11.3 Å². The first-order valence-electron chi connectivity index (χ1n) is 7.68. The van der Waals surface area contributed by atoms with E-state index in [0.717, 1.165) is 23.4 Å². The molecule has 138 valence electrons. The van der Waals surface area contributed by atoms with Crippen molar-refractivity contribution >= 4 is 45.0 Å². The van der Waals surface area contributed by atoms with Crippen molar-refractivity contribution in [2.75, 3.05) is 5.43 Å². The van der Waals surface area contributed by atoms with E-state index in [-0.39, 0.29) is 0 Å². The minimum absolute atomic E-state index is 0.383. The Labute approximate surface area is 170 Å². The molecule has 0 bridgehead atoms. The van der Waals surface area contributed by atoms with Crippen molar-refractivity contribution in [2.45, 2.75) is 11.3 Å². The SMILES string of the molecule is FC(F)(F)c1cccc(-c2nc3n(c2Br)NC(c2ccc(Cl)cc2)=CS3)c1. The van der Waals surface area contributed by atoms with Crippen LogP contribution in [0.25, 0.3) is 17.0 Å². The normalized spacial score (nSPS) is 13.7. The van der Waals surface area contributed by atoms with Gasteiger partial charge in [0, 0.05) is 21.6 Å². The van der Waals surface area contributed by atoms with E-state index < -0.39 is 11.7 Å². The summed E-state index contributed by atoms with van der Waals surface area (Å²) in [7, 11) is 0. The van der Waals surface area contributed by atoms with E-state index in [2.05, 4.69) is 26.3 Å². The molecule has 4 rings (SSSR count). The fourth-order valence-corrected chi connectivity index (χ4v) is 4.22. The van der Waals surface area contributed by atoms with Crippen LogP contribution in [-0.2, 0) is 6.18 Å². The zero-order chi connectivity index (χ0) is 19.2. The van der Waals surface area contributed by atoms with Crippen molar-refractivity contribution in [2.24, 2.45) is 0 Å². The summed E-state index contributed by atoms with van der Waals surface area (Å²) in [6.45, 7) is 0. The average molecular weight is 473 g/mol. The Morgan fingerprint density at radius 2 is 1.81 bits per heavy atom. The number of benzene rings is 2. The maximum Gasteiger partial charge on any atom is 0.416 e. The van der Waals surface area contributed by atoms with Crippen molar-refractivity contribution in [1.29, 1.82) is 0 Å². The fourth-order valence-electron chi connectivity index (χ4n) is 2.60. The summed E-state index contributed by atoms with van der Waals surface area (Å²) in [4.78, 5) is 4.47. The van der Waals surface area contributed by atoms with Crippen LogP contribution in [0.15, 0.2) is 63.7 Å². The number of hydrogen-bond donors (Lipinski definition) is 1. The molecule has 3 nitrogen and oxygen atoms in total. The number of thioether (sulfide) groups is 1. The van der Waals surface area contributed by atoms with Crippen LogP contribution in [-0.4, -0.2) is 9.66 Å². The lowest BCUT2D eigenvalue weighted by Crippen LogP contribution is -2.17. The number of fused-ring (bicyclic) bond motifs is 1. The van der Waals surface area contributed by atoms with Crippen LogP contribution < -0.4 is 5.43 Å². The summed E-state index contributed by atoms with van der Waals surface area (Å²) >= 11 is 10.8. The zero-order valence-corrected chi connectivity index (χ0v) is 16.5. The molecule has 0 saturated heterocycles. The highest BCUT2D eigenvalue weighted by Crippen LogP contribution is 2.38. The van der Waals surface area contributed by atoms with Gasteiger partial charge in [-0.25, -0.2) is 9.66 Å². The summed E-state index contributed by atoms with van der Waals surface area (Å²) in [6.07, 6.45) is -4.40. The van der Waals surface area contributed by atoms with Gasteiger partial charge in [0.15, 0.2) is 5.16 Å². The number of aromatic nitrogens is 2. The Morgan fingerprint density at radius 3 is 2.52 bits per heavy atom. The second-order valence-corrected chi connectivity index (χ2v) is 7.74. The second kappa shape index (κ2) is 6.92. The summed E-state index contributed by atoms with van der Waals surface area (Å²) in [5, 5.41) is 3.15. The number of nitrogens with one attached hydrogen (secondary N) is 1. The lowest BCUT2D eigenvalue weighted by atomic mass is 10.1. The van der Waals surface area contributed by atoms with Gasteiger partial charge in [-0.15, -0.1) is 0 Å². The molecule has 2 aromatic carbocycles. The molecule has 0 fully saturated rings. The quantitative estimate of drug-likeness (QED) is 0.454. The molecule has 3 aromatic rings. The van der Waals surface area contributed by atoms with Gasteiger partial charge in [-0.3, -0.25) is 5.43 Å². The minimum atomic E-state index is -4.40. The second-order valence-electron chi connectivity index (χ2n) is 5.72. The molecule has 0 radical (unpaired) electrons.